The van der Waals surface area contributed by atoms with Gasteiger partial charge in [-0.3, -0.25) is 10.00 Å². The van der Waals surface area contributed by atoms with Crippen LogP contribution in [0.3, 0.4) is 0 Å². The maximum absolute atomic E-state index is 11.8. The van der Waals surface area contributed by atoms with Crippen LogP contribution >= 0.6 is 11.6 Å². The molecule has 7 nitrogen and oxygen atoms in total. The molecule has 0 radical (unpaired) electrons. The molecule has 2 aromatic rings. The van der Waals surface area contributed by atoms with Crippen LogP contribution in [-0.4, -0.2) is 33.9 Å². The molecule has 0 fully saturated rings. The van der Waals surface area contributed by atoms with Gasteiger partial charge in [-0.2, -0.15) is 5.10 Å². The average molecular weight is 324 g/mol. The number of carbonyl (C=O) groups excluding carboxylic acids is 1. The molecule has 2 heterocycles. The Kier molecular flexibility index (Phi) is 5.60. The second kappa shape index (κ2) is 7.65. The Labute approximate surface area is 133 Å². The zero-order valence-corrected chi connectivity index (χ0v) is 13.2. The van der Waals surface area contributed by atoms with Crippen molar-refractivity contribution in [2.45, 2.75) is 13.3 Å². The van der Waals surface area contributed by atoms with Crippen LogP contribution in [-0.2, 0) is 13.5 Å². The second-order valence-electron chi connectivity index (χ2n) is 4.52. The van der Waals surface area contributed by atoms with E-state index >= 15 is 0 Å². The Hall–Kier alpha value is -2.28. The summed E-state index contributed by atoms with van der Waals surface area (Å²) in [7, 11) is 1.78. The number of nitrogens with zero attached hydrogens (tertiary/aromatic N) is 3. The summed E-state index contributed by atoms with van der Waals surface area (Å²) in [6, 6.07) is 4.93. The van der Waals surface area contributed by atoms with Gasteiger partial charge in [-0.25, -0.2) is 9.78 Å². The number of aromatic nitrogens is 3. The Balaban J connectivity index is 1.74. The van der Waals surface area contributed by atoms with Crippen molar-refractivity contribution in [1.29, 1.82) is 0 Å². The first-order chi connectivity index (χ1) is 10.6. The number of anilines is 1. The number of aryl methyl sites for hydroxylation is 2. The lowest BCUT2D eigenvalue weighted by Gasteiger charge is -2.09. The fourth-order valence-corrected chi connectivity index (χ4v) is 1.94. The first-order valence-corrected chi connectivity index (χ1v) is 7.29. The molecule has 0 bridgehead atoms. The van der Waals surface area contributed by atoms with E-state index in [2.05, 4.69) is 20.7 Å². The normalized spacial score (nSPS) is 10.3. The number of urea groups is 1. The number of carbonyl (C=O) groups is 1. The van der Waals surface area contributed by atoms with Crippen LogP contribution in [0, 0.1) is 0 Å². The highest BCUT2D eigenvalue weighted by Crippen LogP contribution is 2.19. The molecule has 8 heteroatoms. The lowest BCUT2D eigenvalue weighted by molar-refractivity contribution is 0.246. The molecular weight excluding hydrogens is 306 g/mol. The lowest BCUT2D eigenvalue weighted by Crippen LogP contribution is -2.32. The van der Waals surface area contributed by atoms with Crippen molar-refractivity contribution in [2.24, 2.45) is 7.05 Å². The van der Waals surface area contributed by atoms with E-state index in [0.29, 0.717) is 23.3 Å². The fourth-order valence-electron chi connectivity index (χ4n) is 1.77. The molecule has 0 aliphatic rings. The first-order valence-electron chi connectivity index (χ1n) is 6.91. The maximum Gasteiger partial charge on any atom is 0.320 e. The standard InChI is InChI=1S/C14H18ClN5O2/c1-3-10-9-12(20(2)19-10)18-14(21)17-7-8-22-13-11(15)5-4-6-16-13/h4-6,9H,3,7-8H2,1-2H3,(H2,17,18,21). The van der Waals surface area contributed by atoms with Crippen molar-refractivity contribution in [2.75, 3.05) is 18.5 Å². The number of ether oxygens (including phenoxy) is 1. The third-order valence-electron chi connectivity index (χ3n) is 2.89. The van der Waals surface area contributed by atoms with Gasteiger partial charge in [0.15, 0.2) is 0 Å². The summed E-state index contributed by atoms with van der Waals surface area (Å²) in [5, 5.41) is 10.1. The minimum atomic E-state index is -0.318. The van der Waals surface area contributed by atoms with E-state index in [1.54, 1.807) is 30.1 Å². The second-order valence-corrected chi connectivity index (χ2v) is 4.93. The molecule has 0 saturated heterocycles. The zero-order chi connectivity index (χ0) is 15.9. The quantitative estimate of drug-likeness (QED) is 0.799. The molecule has 0 spiro atoms. The third kappa shape index (κ3) is 4.36. The molecule has 0 aliphatic heterocycles. The van der Waals surface area contributed by atoms with Gasteiger partial charge < -0.3 is 10.1 Å². The monoisotopic (exact) mass is 323 g/mol. The Bertz CT molecular complexity index is 644. The van der Waals surface area contributed by atoms with Crippen molar-refractivity contribution in [3.05, 3.63) is 35.1 Å². The van der Waals surface area contributed by atoms with E-state index in [9.17, 15) is 4.79 Å². The van der Waals surface area contributed by atoms with Crippen LogP contribution in [0.4, 0.5) is 10.6 Å². The third-order valence-corrected chi connectivity index (χ3v) is 3.17. The molecule has 118 valence electrons. The predicted octanol–water partition coefficient (Wildman–Crippen LogP) is 2.23. The largest absolute Gasteiger partial charge is 0.475 e. The van der Waals surface area contributed by atoms with Gasteiger partial charge in [-0.15, -0.1) is 0 Å². The Morgan fingerprint density at radius 1 is 1.50 bits per heavy atom. The van der Waals surface area contributed by atoms with Crippen molar-refractivity contribution < 1.29 is 9.53 Å². The zero-order valence-electron chi connectivity index (χ0n) is 12.5. The molecule has 0 aromatic carbocycles. The summed E-state index contributed by atoms with van der Waals surface area (Å²) in [5.41, 5.74) is 0.922. The van der Waals surface area contributed by atoms with Crippen molar-refractivity contribution in [3.8, 4) is 5.88 Å². The minimum absolute atomic E-state index is 0.274. The van der Waals surface area contributed by atoms with E-state index in [1.807, 2.05) is 13.0 Å². The highest BCUT2D eigenvalue weighted by Gasteiger charge is 2.07. The highest BCUT2D eigenvalue weighted by atomic mass is 35.5. The molecule has 0 unspecified atom stereocenters. The first kappa shape index (κ1) is 16.1. The number of amides is 2. The van der Waals surface area contributed by atoms with E-state index in [0.717, 1.165) is 12.1 Å². The summed E-state index contributed by atoms with van der Waals surface area (Å²) in [6.07, 6.45) is 2.41. The van der Waals surface area contributed by atoms with E-state index in [-0.39, 0.29) is 12.6 Å². The smallest absolute Gasteiger partial charge is 0.320 e. The van der Waals surface area contributed by atoms with E-state index in [1.165, 1.54) is 0 Å². The lowest BCUT2D eigenvalue weighted by atomic mass is 10.3. The van der Waals surface area contributed by atoms with E-state index in [4.69, 9.17) is 16.3 Å². The van der Waals surface area contributed by atoms with Gasteiger partial charge in [0.2, 0.25) is 5.88 Å². The molecule has 0 atom stereocenters. The Morgan fingerprint density at radius 3 is 3.00 bits per heavy atom. The van der Waals surface area contributed by atoms with Crippen LogP contribution < -0.4 is 15.4 Å². The summed E-state index contributed by atoms with van der Waals surface area (Å²) < 4.78 is 7.01. The average Bonchev–Trinajstić information content (AvgIpc) is 2.85. The molecular formula is C14H18ClN5O2. The molecule has 2 N–H and O–H groups in total. The number of pyridine rings is 1. The van der Waals surface area contributed by atoms with Gasteiger partial charge in [0, 0.05) is 19.3 Å². The number of halogens is 1. The van der Waals surface area contributed by atoms with Crippen LogP contribution in [0.15, 0.2) is 24.4 Å². The van der Waals surface area contributed by atoms with Crippen LogP contribution in [0.2, 0.25) is 5.02 Å². The summed E-state index contributed by atoms with van der Waals surface area (Å²) in [4.78, 5) is 15.8. The molecule has 2 amide bonds. The number of nitrogens with one attached hydrogen (secondary N) is 2. The van der Waals surface area contributed by atoms with E-state index < -0.39 is 0 Å². The minimum Gasteiger partial charge on any atom is -0.475 e. The summed E-state index contributed by atoms with van der Waals surface area (Å²) in [6.45, 7) is 2.61. The van der Waals surface area contributed by atoms with Gasteiger partial charge >= 0.3 is 6.03 Å². The Morgan fingerprint density at radius 2 is 2.32 bits per heavy atom. The highest BCUT2D eigenvalue weighted by molar-refractivity contribution is 6.31. The van der Waals surface area contributed by atoms with Gasteiger partial charge in [0.1, 0.15) is 17.4 Å². The number of hydrogen-bond acceptors (Lipinski definition) is 4. The van der Waals surface area contributed by atoms with Gasteiger partial charge in [0.05, 0.1) is 12.2 Å². The predicted molar refractivity (Wildman–Crippen MR) is 84.3 cm³/mol. The molecule has 0 aliphatic carbocycles. The molecule has 0 saturated carbocycles. The number of hydrogen-bond donors (Lipinski definition) is 2. The molecule has 2 rings (SSSR count). The molecule has 22 heavy (non-hydrogen) atoms. The summed E-state index contributed by atoms with van der Waals surface area (Å²) in [5.74, 6) is 0.994. The van der Waals surface area contributed by atoms with Crippen molar-refractivity contribution in [3.63, 3.8) is 0 Å². The van der Waals surface area contributed by atoms with Gasteiger partial charge in [-0.1, -0.05) is 18.5 Å². The number of rotatable bonds is 6. The van der Waals surface area contributed by atoms with Crippen LogP contribution in [0.25, 0.3) is 0 Å². The van der Waals surface area contributed by atoms with Crippen LogP contribution in [0.1, 0.15) is 12.6 Å². The fraction of sp³-hybridized carbons (Fsp3) is 0.357. The van der Waals surface area contributed by atoms with Gasteiger partial charge in [0.25, 0.3) is 0 Å². The SMILES string of the molecule is CCc1cc(NC(=O)NCCOc2ncccc2Cl)n(C)n1. The van der Waals surface area contributed by atoms with Crippen molar-refractivity contribution in [1.82, 2.24) is 20.1 Å². The van der Waals surface area contributed by atoms with Gasteiger partial charge in [-0.05, 0) is 18.6 Å². The molecule has 2 aromatic heterocycles. The maximum atomic E-state index is 11.8. The van der Waals surface area contributed by atoms with Crippen LogP contribution in [0.5, 0.6) is 5.88 Å². The summed E-state index contributed by atoms with van der Waals surface area (Å²) >= 11 is 5.91. The van der Waals surface area contributed by atoms with Crippen molar-refractivity contribution >= 4 is 23.4 Å². The topological polar surface area (TPSA) is 81.1 Å².